The Bertz CT molecular complexity index is 808. The number of benzene rings is 2. The standard InChI is InChI=1S/C20H20F3NO4/c21-20(22,23)17-3-1-2-4-18(17)28-16-9-10-24(11-16)19(26)27-13-15-7-5-14(12-25)6-8-15/h1-8,16,25H,9-13H2/t16-/m0/s1. The van der Waals surface area contributed by atoms with E-state index in [9.17, 15) is 18.0 Å². The molecule has 28 heavy (non-hydrogen) atoms. The number of aliphatic hydroxyl groups excluding tert-OH is 1. The van der Waals surface area contributed by atoms with Gasteiger partial charge in [0.15, 0.2) is 0 Å². The molecule has 0 aromatic heterocycles. The number of carbonyl (C=O) groups excluding carboxylic acids is 1. The normalized spacial score (nSPS) is 16.9. The molecule has 2 aromatic rings. The van der Waals surface area contributed by atoms with Crippen molar-refractivity contribution in [1.29, 1.82) is 0 Å². The van der Waals surface area contributed by atoms with E-state index in [-0.39, 0.29) is 25.5 Å². The Kier molecular flexibility index (Phi) is 6.08. The topological polar surface area (TPSA) is 59.0 Å². The van der Waals surface area contributed by atoms with E-state index in [0.717, 1.165) is 17.2 Å². The summed E-state index contributed by atoms with van der Waals surface area (Å²) >= 11 is 0. The third-order valence-electron chi connectivity index (χ3n) is 4.46. The summed E-state index contributed by atoms with van der Waals surface area (Å²) in [6, 6.07) is 12.0. The predicted octanol–water partition coefficient (Wildman–Crippen LogP) is 3.99. The zero-order valence-corrected chi connectivity index (χ0v) is 15.0. The number of ether oxygens (including phenoxy) is 2. The van der Waals surface area contributed by atoms with Crippen LogP contribution in [-0.4, -0.2) is 35.3 Å². The highest BCUT2D eigenvalue weighted by molar-refractivity contribution is 5.68. The molecule has 0 radical (unpaired) electrons. The summed E-state index contributed by atoms with van der Waals surface area (Å²) in [5, 5.41) is 9.02. The van der Waals surface area contributed by atoms with Gasteiger partial charge >= 0.3 is 12.3 Å². The molecule has 0 aliphatic carbocycles. The second-order valence-electron chi connectivity index (χ2n) is 6.50. The minimum absolute atomic E-state index is 0.0628. The number of nitrogens with zero attached hydrogens (tertiary/aromatic N) is 1. The first-order valence-electron chi connectivity index (χ1n) is 8.80. The van der Waals surface area contributed by atoms with Crippen LogP contribution in [0.5, 0.6) is 5.75 Å². The maximum absolute atomic E-state index is 13.1. The van der Waals surface area contributed by atoms with Crippen molar-refractivity contribution < 1.29 is 32.5 Å². The molecule has 150 valence electrons. The lowest BCUT2D eigenvalue weighted by Gasteiger charge is -2.19. The lowest BCUT2D eigenvalue weighted by Crippen LogP contribution is -2.31. The molecule has 1 N–H and O–H groups in total. The minimum atomic E-state index is -4.50. The van der Waals surface area contributed by atoms with Gasteiger partial charge in [0.05, 0.1) is 18.7 Å². The molecule has 3 rings (SSSR count). The van der Waals surface area contributed by atoms with E-state index in [0.29, 0.717) is 13.0 Å². The summed E-state index contributed by atoms with van der Waals surface area (Å²) in [5.41, 5.74) is 0.702. The number of hydrogen-bond acceptors (Lipinski definition) is 4. The van der Waals surface area contributed by atoms with Crippen LogP contribution in [0, 0.1) is 0 Å². The lowest BCUT2D eigenvalue weighted by molar-refractivity contribution is -0.139. The van der Waals surface area contributed by atoms with Crippen LogP contribution in [0.1, 0.15) is 23.1 Å². The van der Waals surface area contributed by atoms with E-state index in [1.165, 1.54) is 23.1 Å². The number of carbonyl (C=O) groups is 1. The van der Waals surface area contributed by atoms with E-state index >= 15 is 0 Å². The van der Waals surface area contributed by atoms with Crippen LogP contribution in [0.15, 0.2) is 48.5 Å². The van der Waals surface area contributed by atoms with Gasteiger partial charge in [0, 0.05) is 13.0 Å². The average Bonchev–Trinajstić information content (AvgIpc) is 3.14. The van der Waals surface area contributed by atoms with Crippen LogP contribution >= 0.6 is 0 Å². The van der Waals surface area contributed by atoms with Gasteiger partial charge in [0.2, 0.25) is 0 Å². The van der Waals surface area contributed by atoms with Crippen molar-refractivity contribution in [3.8, 4) is 5.75 Å². The number of halogens is 3. The summed E-state index contributed by atoms with van der Waals surface area (Å²) < 4.78 is 49.9. The highest BCUT2D eigenvalue weighted by atomic mass is 19.4. The van der Waals surface area contributed by atoms with E-state index in [1.54, 1.807) is 24.3 Å². The number of likely N-dealkylation sites (tertiary alicyclic amines) is 1. The molecular weight excluding hydrogens is 375 g/mol. The molecule has 1 amide bonds. The van der Waals surface area contributed by atoms with Gasteiger partial charge in [0.1, 0.15) is 18.5 Å². The summed E-state index contributed by atoms with van der Waals surface area (Å²) in [6.45, 7) is 0.520. The number of rotatable bonds is 5. The van der Waals surface area contributed by atoms with Crippen LogP contribution < -0.4 is 4.74 Å². The first kappa shape index (κ1) is 20.0. The van der Waals surface area contributed by atoms with Crippen molar-refractivity contribution in [2.75, 3.05) is 13.1 Å². The molecule has 1 heterocycles. The van der Waals surface area contributed by atoms with E-state index in [2.05, 4.69) is 0 Å². The smallest absolute Gasteiger partial charge is 0.419 e. The number of amides is 1. The molecule has 1 atom stereocenters. The van der Waals surface area contributed by atoms with Crippen molar-refractivity contribution in [3.63, 3.8) is 0 Å². The maximum atomic E-state index is 13.1. The summed E-state index contributed by atoms with van der Waals surface area (Å²) in [6.07, 6.45) is -5.15. The van der Waals surface area contributed by atoms with E-state index < -0.39 is 23.9 Å². The van der Waals surface area contributed by atoms with Crippen molar-refractivity contribution >= 4 is 6.09 Å². The molecule has 1 fully saturated rings. The lowest BCUT2D eigenvalue weighted by atomic mass is 10.1. The van der Waals surface area contributed by atoms with E-state index in [4.69, 9.17) is 14.6 Å². The van der Waals surface area contributed by atoms with Crippen molar-refractivity contribution in [2.45, 2.75) is 31.9 Å². The monoisotopic (exact) mass is 395 g/mol. The van der Waals surface area contributed by atoms with Crippen molar-refractivity contribution in [1.82, 2.24) is 4.90 Å². The minimum Gasteiger partial charge on any atom is -0.488 e. The Labute approximate surface area is 160 Å². The van der Waals surface area contributed by atoms with Crippen LogP contribution in [0.3, 0.4) is 0 Å². The zero-order chi connectivity index (χ0) is 20.1. The third kappa shape index (κ3) is 4.95. The first-order valence-corrected chi connectivity index (χ1v) is 8.80. The Balaban J connectivity index is 1.53. The molecule has 0 bridgehead atoms. The van der Waals surface area contributed by atoms with Gasteiger partial charge in [-0.3, -0.25) is 0 Å². The molecule has 0 spiro atoms. The van der Waals surface area contributed by atoms with Crippen molar-refractivity contribution in [2.24, 2.45) is 0 Å². The number of alkyl halides is 3. The molecule has 1 aliphatic rings. The average molecular weight is 395 g/mol. The SMILES string of the molecule is O=C(OCc1ccc(CO)cc1)N1CC[C@H](Oc2ccccc2C(F)(F)F)C1. The highest BCUT2D eigenvalue weighted by Gasteiger charge is 2.36. The molecular formula is C20H20F3NO4. The predicted molar refractivity (Wildman–Crippen MR) is 94.6 cm³/mol. The number of hydrogen-bond donors (Lipinski definition) is 1. The largest absolute Gasteiger partial charge is 0.488 e. The van der Waals surface area contributed by atoms with Crippen LogP contribution in [0.25, 0.3) is 0 Å². The van der Waals surface area contributed by atoms with E-state index in [1.807, 2.05) is 0 Å². The molecule has 0 saturated carbocycles. The van der Waals surface area contributed by atoms with Gasteiger partial charge in [0.25, 0.3) is 0 Å². The van der Waals surface area contributed by atoms with Crippen LogP contribution in [0.2, 0.25) is 0 Å². The Morgan fingerprint density at radius 2 is 1.79 bits per heavy atom. The second-order valence-corrected chi connectivity index (χ2v) is 6.50. The number of para-hydroxylation sites is 1. The molecule has 0 unspecified atom stereocenters. The summed E-state index contributed by atoms with van der Waals surface area (Å²) in [5.74, 6) is -0.237. The van der Waals surface area contributed by atoms with Gasteiger partial charge in [-0.2, -0.15) is 13.2 Å². The zero-order valence-electron chi connectivity index (χ0n) is 15.0. The summed E-state index contributed by atoms with van der Waals surface area (Å²) in [4.78, 5) is 13.6. The first-order chi connectivity index (χ1) is 13.4. The van der Waals surface area contributed by atoms with Gasteiger partial charge in [-0.15, -0.1) is 0 Å². The van der Waals surface area contributed by atoms with Gasteiger partial charge in [-0.25, -0.2) is 4.79 Å². The number of aliphatic hydroxyl groups is 1. The Hall–Kier alpha value is -2.74. The molecule has 1 saturated heterocycles. The third-order valence-corrected chi connectivity index (χ3v) is 4.46. The summed E-state index contributed by atoms with van der Waals surface area (Å²) in [7, 11) is 0. The Morgan fingerprint density at radius 1 is 1.11 bits per heavy atom. The Morgan fingerprint density at radius 3 is 2.46 bits per heavy atom. The molecule has 2 aromatic carbocycles. The fourth-order valence-corrected chi connectivity index (χ4v) is 2.95. The van der Waals surface area contributed by atoms with Crippen LogP contribution in [0.4, 0.5) is 18.0 Å². The molecule has 8 heteroatoms. The van der Waals surface area contributed by atoms with Crippen LogP contribution in [-0.2, 0) is 24.1 Å². The van der Waals surface area contributed by atoms with Crippen molar-refractivity contribution in [3.05, 3.63) is 65.2 Å². The maximum Gasteiger partial charge on any atom is 0.419 e. The van der Waals surface area contributed by atoms with Gasteiger partial charge < -0.3 is 19.5 Å². The fourth-order valence-electron chi connectivity index (χ4n) is 2.95. The molecule has 1 aliphatic heterocycles. The highest BCUT2D eigenvalue weighted by Crippen LogP contribution is 2.36. The molecule has 5 nitrogen and oxygen atoms in total. The van der Waals surface area contributed by atoms with Gasteiger partial charge in [-0.05, 0) is 23.3 Å². The van der Waals surface area contributed by atoms with Gasteiger partial charge in [-0.1, -0.05) is 36.4 Å². The quantitative estimate of drug-likeness (QED) is 0.832. The second kappa shape index (κ2) is 8.52. The fraction of sp³-hybridized carbons (Fsp3) is 0.350.